The molecule has 0 heterocycles. The van der Waals surface area contributed by atoms with Crippen LogP contribution >= 0.6 is 0 Å². The minimum Gasteiger partial charge on any atom is -0.480 e. The Labute approximate surface area is 159 Å². The molecule has 0 saturated heterocycles. The number of aliphatic carboxylic acids is 1. The molecule has 2 aromatic carbocycles. The van der Waals surface area contributed by atoms with Gasteiger partial charge in [-0.1, -0.05) is 30.3 Å². The van der Waals surface area contributed by atoms with E-state index in [1.165, 1.54) is 12.8 Å². The highest BCUT2D eigenvalue weighted by atomic mass is 32.2. The minimum absolute atomic E-state index is 0.0330. The Morgan fingerprint density at radius 3 is 2.48 bits per heavy atom. The van der Waals surface area contributed by atoms with Crippen LogP contribution in [0.4, 0.5) is 0 Å². The molecule has 0 bridgehead atoms. The van der Waals surface area contributed by atoms with E-state index in [-0.39, 0.29) is 23.5 Å². The van der Waals surface area contributed by atoms with E-state index in [9.17, 15) is 13.2 Å². The maximum absolute atomic E-state index is 12.7. The van der Waals surface area contributed by atoms with Crippen molar-refractivity contribution >= 4 is 26.8 Å². The summed E-state index contributed by atoms with van der Waals surface area (Å²) in [6, 6.07) is 12.8. The molecule has 2 N–H and O–H groups in total. The number of carboxylic acid groups (broad SMARTS) is 1. The highest BCUT2D eigenvalue weighted by molar-refractivity contribution is 7.89. The number of sulfonamides is 1. The summed E-state index contributed by atoms with van der Waals surface area (Å²) in [6.45, 7) is 0.840. The topological polar surface area (TPSA) is 86.7 Å². The number of nitrogens with one attached hydrogen (secondary N) is 1. The number of fused-ring (bicyclic) bond motifs is 1. The molecule has 2 saturated carbocycles. The molecule has 0 aliphatic heterocycles. The van der Waals surface area contributed by atoms with E-state index in [1.807, 2.05) is 35.2 Å². The largest absolute Gasteiger partial charge is 0.480 e. The maximum Gasteiger partial charge on any atom is 0.317 e. The van der Waals surface area contributed by atoms with Crippen LogP contribution in [0.1, 0.15) is 25.7 Å². The van der Waals surface area contributed by atoms with Gasteiger partial charge in [0.15, 0.2) is 0 Å². The Bertz CT molecular complexity index is 949. The van der Waals surface area contributed by atoms with Crippen molar-refractivity contribution in [1.82, 2.24) is 9.62 Å². The lowest BCUT2D eigenvalue weighted by atomic mass is 9.86. The molecular weight excluding hydrogens is 364 g/mol. The van der Waals surface area contributed by atoms with Crippen molar-refractivity contribution in [3.63, 3.8) is 0 Å². The first-order valence-electron chi connectivity index (χ1n) is 9.38. The van der Waals surface area contributed by atoms with Crippen LogP contribution < -0.4 is 4.72 Å². The molecule has 4 rings (SSSR count). The van der Waals surface area contributed by atoms with Gasteiger partial charge in [0.25, 0.3) is 0 Å². The van der Waals surface area contributed by atoms with Gasteiger partial charge in [-0.3, -0.25) is 9.69 Å². The molecule has 2 aliphatic carbocycles. The summed E-state index contributed by atoms with van der Waals surface area (Å²) < 4.78 is 28.2. The minimum atomic E-state index is -3.58. The molecule has 7 heteroatoms. The average molecular weight is 388 g/mol. The summed E-state index contributed by atoms with van der Waals surface area (Å²) >= 11 is 0. The van der Waals surface area contributed by atoms with Crippen LogP contribution in [-0.2, 0) is 14.8 Å². The van der Waals surface area contributed by atoms with Crippen molar-refractivity contribution in [2.75, 3.05) is 13.1 Å². The van der Waals surface area contributed by atoms with Crippen LogP contribution in [0.5, 0.6) is 0 Å². The molecule has 6 nitrogen and oxygen atoms in total. The molecule has 0 amide bonds. The zero-order chi connectivity index (χ0) is 19.0. The maximum atomic E-state index is 12.7. The van der Waals surface area contributed by atoms with Gasteiger partial charge in [0.05, 0.1) is 11.4 Å². The van der Waals surface area contributed by atoms with E-state index in [0.717, 1.165) is 17.3 Å². The second-order valence-electron chi connectivity index (χ2n) is 7.72. The van der Waals surface area contributed by atoms with E-state index < -0.39 is 16.0 Å². The van der Waals surface area contributed by atoms with Gasteiger partial charge in [0.1, 0.15) is 0 Å². The second kappa shape index (κ2) is 7.22. The van der Waals surface area contributed by atoms with Crippen LogP contribution in [-0.4, -0.2) is 49.6 Å². The van der Waals surface area contributed by atoms with Gasteiger partial charge in [-0.2, -0.15) is 0 Å². The molecule has 0 spiro atoms. The van der Waals surface area contributed by atoms with Gasteiger partial charge in [-0.15, -0.1) is 0 Å². The quantitative estimate of drug-likeness (QED) is 0.725. The Morgan fingerprint density at radius 2 is 1.81 bits per heavy atom. The molecule has 0 atom stereocenters. The van der Waals surface area contributed by atoms with Crippen molar-refractivity contribution in [3.8, 4) is 0 Å². The van der Waals surface area contributed by atoms with Crippen molar-refractivity contribution in [2.45, 2.75) is 42.7 Å². The third kappa shape index (κ3) is 4.31. The van der Waals surface area contributed by atoms with Crippen molar-refractivity contribution < 1.29 is 18.3 Å². The third-order valence-corrected chi connectivity index (χ3v) is 7.03. The summed E-state index contributed by atoms with van der Waals surface area (Å²) in [5.74, 6) is -0.214. The zero-order valence-electron chi connectivity index (χ0n) is 15.0. The first kappa shape index (κ1) is 18.4. The Morgan fingerprint density at radius 1 is 1.11 bits per heavy atom. The van der Waals surface area contributed by atoms with Gasteiger partial charge in [0, 0.05) is 18.6 Å². The van der Waals surface area contributed by atoms with E-state index in [2.05, 4.69) is 4.72 Å². The average Bonchev–Trinajstić information content (AvgIpc) is 3.40. The predicted molar refractivity (Wildman–Crippen MR) is 103 cm³/mol. The standard InChI is InChI=1S/C20H24N2O4S/c23-20(24)13-22(12-14-5-6-14)18-10-17(11-18)21-27(25,26)19-8-7-15-3-1-2-4-16(15)9-19/h1-4,7-9,14,17-18,21H,5-6,10-13H2,(H,23,24). The summed E-state index contributed by atoms with van der Waals surface area (Å²) in [7, 11) is -3.58. The molecule has 2 aliphatic rings. The van der Waals surface area contributed by atoms with Crippen molar-refractivity contribution in [1.29, 1.82) is 0 Å². The fraction of sp³-hybridized carbons (Fsp3) is 0.450. The summed E-state index contributed by atoms with van der Waals surface area (Å²) in [6.07, 6.45) is 3.65. The zero-order valence-corrected chi connectivity index (χ0v) is 15.9. The lowest BCUT2D eigenvalue weighted by Gasteiger charge is -2.42. The molecule has 27 heavy (non-hydrogen) atoms. The van der Waals surface area contributed by atoms with E-state index in [0.29, 0.717) is 18.8 Å². The van der Waals surface area contributed by atoms with Gasteiger partial charge in [-0.25, -0.2) is 13.1 Å². The highest BCUT2D eigenvalue weighted by Crippen LogP contribution is 2.34. The fourth-order valence-electron chi connectivity index (χ4n) is 3.75. The normalized spacial score (nSPS) is 22.7. The molecule has 0 radical (unpaired) electrons. The lowest BCUT2D eigenvalue weighted by Crippen LogP contribution is -2.55. The fourth-order valence-corrected chi connectivity index (χ4v) is 5.05. The summed E-state index contributed by atoms with van der Waals surface area (Å²) in [4.78, 5) is 13.4. The Hall–Kier alpha value is -1.96. The lowest BCUT2D eigenvalue weighted by molar-refractivity contribution is -0.139. The van der Waals surface area contributed by atoms with E-state index in [1.54, 1.807) is 12.1 Å². The van der Waals surface area contributed by atoms with Gasteiger partial charge < -0.3 is 5.11 Å². The highest BCUT2D eigenvalue weighted by Gasteiger charge is 2.38. The molecule has 2 aromatic rings. The monoisotopic (exact) mass is 388 g/mol. The van der Waals surface area contributed by atoms with E-state index in [4.69, 9.17) is 5.11 Å². The summed E-state index contributed by atoms with van der Waals surface area (Å²) in [5.41, 5.74) is 0. The predicted octanol–water partition coefficient (Wildman–Crippen LogP) is 2.45. The van der Waals surface area contributed by atoms with Crippen LogP contribution in [0.15, 0.2) is 47.4 Å². The van der Waals surface area contributed by atoms with E-state index >= 15 is 0 Å². The molecule has 144 valence electrons. The molecule has 0 aromatic heterocycles. The molecule has 0 unspecified atom stereocenters. The van der Waals surface area contributed by atoms with Crippen LogP contribution in [0.3, 0.4) is 0 Å². The van der Waals surface area contributed by atoms with Crippen LogP contribution in [0.25, 0.3) is 10.8 Å². The SMILES string of the molecule is O=C(O)CN(CC1CC1)C1CC(NS(=O)(=O)c2ccc3ccccc3c2)C1. The number of hydrogen-bond acceptors (Lipinski definition) is 4. The number of carboxylic acids is 1. The third-order valence-electron chi connectivity index (χ3n) is 5.51. The number of rotatable bonds is 8. The first-order chi connectivity index (χ1) is 12.9. The number of hydrogen-bond donors (Lipinski definition) is 2. The Kier molecular flexibility index (Phi) is 4.92. The van der Waals surface area contributed by atoms with Gasteiger partial charge >= 0.3 is 5.97 Å². The van der Waals surface area contributed by atoms with Crippen molar-refractivity contribution in [3.05, 3.63) is 42.5 Å². The van der Waals surface area contributed by atoms with Crippen LogP contribution in [0, 0.1) is 5.92 Å². The first-order valence-corrected chi connectivity index (χ1v) is 10.9. The molecule has 2 fully saturated rings. The summed E-state index contributed by atoms with van der Waals surface area (Å²) in [5, 5.41) is 11.0. The van der Waals surface area contributed by atoms with Crippen LogP contribution in [0.2, 0.25) is 0 Å². The number of nitrogens with zero attached hydrogens (tertiary/aromatic N) is 1. The second-order valence-corrected chi connectivity index (χ2v) is 9.43. The van der Waals surface area contributed by atoms with Crippen molar-refractivity contribution in [2.24, 2.45) is 5.92 Å². The number of benzene rings is 2. The smallest absolute Gasteiger partial charge is 0.317 e. The molecular formula is C20H24N2O4S. The van der Waals surface area contributed by atoms with Gasteiger partial charge in [0.2, 0.25) is 10.0 Å². The number of carbonyl (C=O) groups is 1. The Balaban J connectivity index is 1.39. The van der Waals surface area contributed by atoms with Gasteiger partial charge in [-0.05, 0) is 54.5 Å².